The van der Waals surface area contributed by atoms with E-state index in [0.29, 0.717) is 42.7 Å². The summed E-state index contributed by atoms with van der Waals surface area (Å²) in [4.78, 5) is 21.2. The number of fused-ring (bicyclic) bond motifs is 1. The quantitative estimate of drug-likeness (QED) is 0.807. The molecule has 0 saturated carbocycles. The summed E-state index contributed by atoms with van der Waals surface area (Å²) in [5.74, 6) is 0.390. The second-order valence-corrected chi connectivity index (χ2v) is 6.72. The molecule has 146 valence electrons. The highest BCUT2D eigenvalue weighted by Gasteiger charge is 2.32. The number of hydrogen-bond donors (Lipinski definition) is 0. The van der Waals surface area contributed by atoms with Crippen molar-refractivity contribution in [3.63, 3.8) is 0 Å². The number of aryl methyl sites for hydroxylation is 1. The number of benzene rings is 1. The van der Waals surface area contributed by atoms with Gasteiger partial charge < -0.3 is 0 Å². The van der Waals surface area contributed by atoms with Crippen molar-refractivity contribution >= 4 is 11.6 Å². The Balaban J connectivity index is 2.15. The molecule has 0 atom stereocenters. The van der Waals surface area contributed by atoms with Crippen LogP contribution >= 0.6 is 0 Å². The van der Waals surface area contributed by atoms with Crippen LogP contribution in [-0.2, 0) is 19.3 Å². The van der Waals surface area contributed by atoms with E-state index >= 15 is 0 Å². The Hall–Kier alpha value is -2.35. The van der Waals surface area contributed by atoms with Gasteiger partial charge in [0.05, 0.1) is 18.9 Å². The molecule has 1 aromatic carbocycles. The van der Waals surface area contributed by atoms with Gasteiger partial charge in [-0.1, -0.05) is 19.9 Å². The molecule has 0 bridgehead atoms. The first-order valence-corrected chi connectivity index (χ1v) is 9.03. The number of alkyl halides is 3. The molecular formula is C19H23F3N4O. The number of rotatable bonds is 4. The normalized spacial score (nSPS) is 15.1. The molecule has 0 N–H and O–H groups in total. The Bertz CT molecular complexity index is 891. The minimum Gasteiger partial charge on any atom is -0.298 e. The zero-order valence-electron chi connectivity index (χ0n) is 15.7. The van der Waals surface area contributed by atoms with Gasteiger partial charge in [0.1, 0.15) is 0 Å². The van der Waals surface area contributed by atoms with E-state index in [1.807, 2.05) is 18.7 Å². The molecule has 3 rings (SSSR count). The SMILES string of the molecule is CCCN1CN(c2cccc(C(F)(F)F)c2)c2nc(C)c(CC)c(=O)n2C1. The lowest BCUT2D eigenvalue weighted by atomic mass is 10.1. The van der Waals surface area contributed by atoms with Crippen molar-refractivity contribution in [1.29, 1.82) is 0 Å². The molecule has 2 aromatic rings. The van der Waals surface area contributed by atoms with Gasteiger partial charge in [0, 0.05) is 23.5 Å². The van der Waals surface area contributed by atoms with Gasteiger partial charge >= 0.3 is 6.18 Å². The fourth-order valence-electron chi connectivity index (χ4n) is 3.44. The number of halogens is 3. The Kier molecular flexibility index (Phi) is 5.28. The van der Waals surface area contributed by atoms with Crippen molar-refractivity contribution in [2.45, 2.75) is 46.5 Å². The van der Waals surface area contributed by atoms with Crippen molar-refractivity contribution in [2.24, 2.45) is 0 Å². The maximum absolute atomic E-state index is 13.2. The summed E-state index contributed by atoms with van der Waals surface area (Å²) in [6.07, 6.45) is -2.99. The van der Waals surface area contributed by atoms with Crippen molar-refractivity contribution in [3.8, 4) is 0 Å². The third kappa shape index (κ3) is 3.71. The lowest BCUT2D eigenvalue weighted by molar-refractivity contribution is -0.137. The van der Waals surface area contributed by atoms with E-state index in [0.717, 1.165) is 25.1 Å². The standard InChI is InChI=1S/C19H23F3N4O/c1-4-9-24-11-25(15-8-6-7-14(10-15)19(20,21)22)18-23-13(3)16(5-2)17(27)26(18)12-24/h6-8,10H,4-5,9,11-12H2,1-3H3. The lowest BCUT2D eigenvalue weighted by Crippen LogP contribution is -2.48. The van der Waals surface area contributed by atoms with Gasteiger partial charge in [-0.25, -0.2) is 4.98 Å². The minimum absolute atomic E-state index is 0.127. The van der Waals surface area contributed by atoms with Crippen LogP contribution in [0.3, 0.4) is 0 Å². The molecule has 0 aliphatic carbocycles. The van der Waals surface area contributed by atoms with Crippen LogP contribution in [-0.4, -0.2) is 27.7 Å². The molecule has 0 spiro atoms. The molecule has 0 radical (unpaired) electrons. The van der Waals surface area contributed by atoms with Crippen LogP contribution in [0.25, 0.3) is 0 Å². The summed E-state index contributed by atoms with van der Waals surface area (Å²) in [5.41, 5.74) is 0.784. The first-order valence-electron chi connectivity index (χ1n) is 9.03. The fraction of sp³-hybridized carbons (Fsp3) is 0.474. The maximum Gasteiger partial charge on any atom is 0.416 e. The van der Waals surface area contributed by atoms with Crippen molar-refractivity contribution in [2.75, 3.05) is 18.1 Å². The number of hydrogen-bond acceptors (Lipinski definition) is 4. The van der Waals surface area contributed by atoms with E-state index in [1.165, 1.54) is 6.07 Å². The van der Waals surface area contributed by atoms with Crippen LogP contribution in [0.5, 0.6) is 0 Å². The highest BCUT2D eigenvalue weighted by atomic mass is 19.4. The van der Waals surface area contributed by atoms with Crippen LogP contribution in [0.2, 0.25) is 0 Å². The van der Waals surface area contributed by atoms with Gasteiger partial charge in [0.2, 0.25) is 5.95 Å². The smallest absolute Gasteiger partial charge is 0.298 e. The van der Waals surface area contributed by atoms with Crippen LogP contribution in [0, 0.1) is 6.92 Å². The molecular weight excluding hydrogens is 357 g/mol. The monoisotopic (exact) mass is 380 g/mol. The average molecular weight is 380 g/mol. The molecule has 27 heavy (non-hydrogen) atoms. The highest BCUT2D eigenvalue weighted by Crippen LogP contribution is 2.34. The van der Waals surface area contributed by atoms with Crippen LogP contribution in [0.1, 0.15) is 37.1 Å². The highest BCUT2D eigenvalue weighted by molar-refractivity contribution is 5.59. The topological polar surface area (TPSA) is 41.4 Å². The van der Waals surface area contributed by atoms with E-state index in [9.17, 15) is 18.0 Å². The first-order chi connectivity index (χ1) is 12.8. The van der Waals surface area contributed by atoms with Crippen LogP contribution in [0.4, 0.5) is 24.8 Å². The number of nitrogens with zero attached hydrogens (tertiary/aromatic N) is 4. The molecule has 1 aromatic heterocycles. The Morgan fingerprint density at radius 1 is 1.19 bits per heavy atom. The zero-order chi connectivity index (χ0) is 19.8. The van der Waals surface area contributed by atoms with Gasteiger partial charge in [-0.3, -0.25) is 19.2 Å². The number of anilines is 2. The summed E-state index contributed by atoms with van der Waals surface area (Å²) in [7, 11) is 0. The van der Waals surface area contributed by atoms with Crippen LogP contribution in [0.15, 0.2) is 29.1 Å². The molecule has 1 aliphatic heterocycles. The molecule has 2 heterocycles. The van der Waals surface area contributed by atoms with Crippen molar-refractivity contribution in [3.05, 3.63) is 51.4 Å². The second kappa shape index (κ2) is 7.34. The minimum atomic E-state index is -4.43. The summed E-state index contributed by atoms with van der Waals surface area (Å²) >= 11 is 0. The van der Waals surface area contributed by atoms with E-state index < -0.39 is 11.7 Å². The zero-order valence-corrected chi connectivity index (χ0v) is 15.7. The van der Waals surface area contributed by atoms with E-state index in [2.05, 4.69) is 4.98 Å². The summed E-state index contributed by atoms with van der Waals surface area (Å²) in [5, 5.41) is 0. The largest absolute Gasteiger partial charge is 0.416 e. The Morgan fingerprint density at radius 2 is 1.93 bits per heavy atom. The summed E-state index contributed by atoms with van der Waals surface area (Å²) in [6, 6.07) is 5.15. The van der Waals surface area contributed by atoms with E-state index in [4.69, 9.17) is 0 Å². The molecule has 5 nitrogen and oxygen atoms in total. The van der Waals surface area contributed by atoms with Gasteiger partial charge in [-0.2, -0.15) is 13.2 Å². The lowest BCUT2D eigenvalue weighted by Gasteiger charge is -2.38. The molecule has 0 saturated heterocycles. The average Bonchev–Trinajstić information content (AvgIpc) is 2.62. The summed E-state index contributed by atoms with van der Waals surface area (Å²) in [6.45, 7) is 7.19. The molecule has 0 unspecified atom stereocenters. The molecule has 8 heteroatoms. The number of aromatic nitrogens is 2. The van der Waals surface area contributed by atoms with Crippen molar-refractivity contribution in [1.82, 2.24) is 14.5 Å². The van der Waals surface area contributed by atoms with Crippen LogP contribution < -0.4 is 10.5 Å². The molecule has 1 aliphatic rings. The Labute approximate surface area is 156 Å². The van der Waals surface area contributed by atoms with Gasteiger partial charge in [0.25, 0.3) is 5.56 Å². The third-order valence-electron chi connectivity index (χ3n) is 4.75. The predicted molar refractivity (Wildman–Crippen MR) is 98.1 cm³/mol. The molecule has 0 fully saturated rings. The first kappa shape index (κ1) is 19.4. The Morgan fingerprint density at radius 3 is 2.56 bits per heavy atom. The van der Waals surface area contributed by atoms with E-state index in [-0.39, 0.29) is 5.56 Å². The van der Waals surface area contributed by atoms with E-state index in [1.54, 1.807) is 22.5 Å². The fourth-order valence-corrected chi connectivity index (χ4v) is 3.44. The molecule has 0 amide bonds. The summed E-state index contributed by atoms with van der Waals surface area (Å²) < 4.78 is 41.0. The predicted octanol–water partition coefficient (Wildman–Crippen LogP) is 3.91. The van der Waals surface area contributed by atoms with Gasteiger partial charge in [-0.05, 0) is 38.0 Å². The van der Waals surface area contributed by atoms with Gasteiger partial charge in [0.15, 0.2) is 0 Å². The van der Waals surface area contributed by atoms with Crippen molar-refractivity contribution < 1.29 is 13.2 Å². The third-order valence-corrected chi connectivity index (χ3v) is 4.75. The maximum atomic E-state index is 13.2. The van der Waals surface area contributed by atoms with Gasteiger partial charge in [-0.15, -0.1) is 0 Å². The second-order valence-electron chi connectivity index (χ2n) is 6.72.